The first-order valence-electron chi connectivity index (χ1n) is 13.5. The Kier molecular flexibility index (Phi) is 18.4. The first-order chi connectivity index (χ1) is 15.3. The van der Waals surface area contributed by atoms with E-state index < -0.39 is 0 Å². The molecule has 1 aromatic rings. The van der Waals surface area contributed by atoms with E-state index in [0.717, 1.165) is 6.42 Å². The van der Waals surface area contributed by atoms with Crippen LogP contribution in [0.1, 0.15) is 129 Å². The molecule has 1 aromatic carbocycles. The summed E-state index contributed by atoms with van der Waals surface area (Å²) in [5.74, 6) is 0.514. The number of ether oxygens (including phenoxy) is 1. The molecule has 0 spiro atoms. The second kappa shape index (κ2) is 20.6. The number of hydrogen-bond donors (Lipinski definition) is 0. The van der Waals surface area contributed by atoms with E-state index >= 15 is 0 Å². The largest absolute Gasteiger partial charge is 0.465 e. The van der Waals surface area contributed by atoms with Gasteiger partial charge in [-0.1, -0.05) is 134 Å². The molecule has 0 aromatic heterocycles. The minimum Gasteiger partial charge on any atom is -0.465 e. The summed E-state index contributed by atoms with van der Waals surface area (Å²) < 4.78 is 5.71. The molecule has 0 radical (unpaired) electrons. The first-order valence-corrected chi connectivity index (χ1v) is 13.5. The molecule has 0 bridgehead atoms. The Morgan fingerprint density at radius 3 is 1.71 bits per heavy atom. The van der Waals surface area contributed by atoms with E-state index in [1.807, 2.05) is 18.2 Å². The lowest BCUT2D eigenvalue weighted by Gasteiger charge is -2.17. The fraction of sp³-hybridized carbons (Fsp3) is 0.759. The Balaban J connectivity index is 2.24. The zero-order valence-electron chi connectivity index (χ0n) is 20.7. The average Bonchev–Trinajstić information content (AvgIpc) is 2.80. The van der Waals surface area contributed by atoms with Crippen LogP contribution < -0.4 is 0 Å². The molecule has 0 aliphatic heterocycles. The third kappa shape index (κ3) is 17.0. The van der Waals surface area contributed by atoms with Crippen molar-refractivity contribution in [1.82, 2.24) is 0 Å². The molecule has 0 N–H and O–H groups in total. The highest BCUT2D eigenvalue weighted by Crippen LogP contribution is 2.20. The van der Waals surface area contributed by atoms with Crippen molar-refractivity contribution < 1.29 is 9.53 Å². The number of unbranched alkanes of at least 4 members (excludes halogenated alkanes) is 12. The number of carbonyl (C=O) groups excluding carboxylic acids is 1. The highest BCUT2D eigenvalue weighted by Gasteiger charge is 2.12. The molecule has 178 valence electrons. The van der Waals surface area contributed by atoms with Gasteiger partial charge in [-0.15, -0.1) is 0 Å². The van der Waals surface area contributed by atoms with Crippen LogP contribution in [0.3, 0.4) is 0 Å². The standard InChI is InChI=1S/C29H50O2/c1-3-5-7-9-11-12-14-17-23-28(22-16-13-10-8-6-4-2)26-31-29(30)25-24-27-20-18-15-19-21-27/h15,18-21,28H,3-14,16-17,22-26H2,1-2H3. The van der Waals surface area contributed by atoms with E-state index in [2.05, 4.69) is 26.0 Å². The fourth-order valence-corrected chi connectivity index (χ4v) is 4.27. The van der Waals surface area contributed by atoms with Gasteiger partial charge < -0.3 is 4.74 Å². The summed E-state index contributed by atoms with van der Waals surface area (Å²) in [6.07, 6.45) is 22.6. The highest BCUT2D eigenvalue weighted by molar-refractivity contribution is 5.69. The Bertz CT molecular complexity index is 511. The number of rotatable bonds is 21. The third-order valence-electron chi connectivity index (χ3n) is 6.37. The van der Waals surface area contributed by atoms with Gasteiger partial charge in [-0.25, -0.2) is 0 Å². The molecule has 1 rings (SSSR count). The van der Waals surface area contributed by atoms with Crippen LogP contribution in [0.2, 0.25) is 0 Å². The molecule has 0 aliphatic rings. The second-order valence-corrected chi connectivity index (χ2v) is 9.35. The van der Waals surface area contributed by atoms with Gasteiger partial charge in [-0.2, -0.15) is 0 Å². The SMILES string of the molecule is CCCCCCCCCCC(CCCCCCCC)COC(=O)CCc1ccccc1. The molecule has 2 nitrogen and oxygen atoms in total. The van der Waals surface area contributed by atoms with E-state index in [0.29, 0.717) is 18.9 Å². The summed E-state index contributed by atoms with van der Waals surface area (Å²) in [4.78, 5) is 12.2. The van der Waals surface area contributed by atoms with Crippen molar-refractivity contribution in [2.75, 3.05) is 6.61 Å². The predicted molar refractivity (Wildman–Crippen MR) is 134 cm³/mol. The Morgan fingerprint density at radius 1 is 0.710 bits per heavy atom. The minimum atomic E-state index is -0.0345. The van der Waals surface area contributed by atoms with Gasteiger partial charge in [0.2, 0.25) is 0 Å². The van der Waals surface area contributed by atoms with Crippen LogP contribution in [-0.4, -0.2) is 12.6 Å². The number of benzene rings is 1. The van der Waals surface area contributed by atoms with Crippen LogP contribution in [0.5, 0.6) is 0 Å². The summed E-state index contributed by atoms with van der Waals surface area (Å²) in [6.45, 7) is 5.17. The van der Waals surface area contributed by atoms with Crippen molar-refractivity contribution in [3.8, 4) is 0 Å². The maximum atomic E-state index is 12.2. The molecular weight excluding hydrogens is 380 g/mol. The van der Waals surface area contributed by atoms with Gasteiger partial charge in [0, 0.05) is 6.42 Å². The van der Waals surface area contributed by atoms with E-state index in [4.69, 9.17) is 4.74 Å². The van der Waals surface area contributed by atoms with Crippen molar-refractivity contribution in [2.45, 2.75) is 129 Å². The molecule has 0 saturated carbocycles. The number of carbonyl (C=O) groups is 1. The third-order valence-corrected chi connectivity index (χ3v) is 6.37. The minimum absolute atomic E-state index is 0.0345. The van der Waals surface area contributed by atoms with Crippen molar-refractivity contribution in [1.29, 1.82) is 0 Å². The van der Waals surface area contributed by atoms with Crippen molar-refractivity contribution in [2.24, 2.45) is 5.92 Å². The van der Waals surface area contributed by atoms with E-state index in [1.165, 1.54) is 108 Å². The Labute approximate surface area is 193 Å². The predicted octanol–water partition coefficient (Wildman–Crippen LogP) is 9.06. The van der Waals surface area contributed by atoms with Crippen LogP contribution in [-0.2, 0) is 16.0 Å². The number of esters is 1. The monoisotopic (exact) mass is 430 g/mol. The van der Waals surface area contributed by atoms with Crippen molar-refractivity contribution in [3.05, 3.63) is 35.9 Å². The Hall–Kier alpha value is -1.31. The summed E-state index contributed by atoms with van der Waals surface area (Å²) in [5.41, 5.74) is 1.21. The van der Waals surface area contributed by atoms with Crippen LogP contribution in [0.4, 0.5) is 0 Å². The van der Waals surface area contributed by atoms with Crippen molar-refractivity contribution in [3.63, 3.8) is 0 Å². The summed E-state index contributed by atoms with van der Waals surface area (Å²) in [5, 5.41) is 0. The molecule has 0 aliphatic carbocycles. The van der Waals surface area contributed by atoms with Crippen LogP contribution >= 0.6 is 0 Å². The quantitative estimate of drug-likeness (QED) is 0.144. The van der Waals surface area contributed by atoms with Gasteiger partial charge in [0.05, 0.1) is 6.61 Å². The van der Waals surface area contributed by atoms with Gasteiger partial charge in [0.1, 0.15) is 0 Å². The molecule has 0 fully saturated rings. The molecule has 1 atom stereocenters. The van der Waals surface area contributed by atoms with E-state index in [1.54, 1.807) is 0 Å². The van der Waals surface area contributed by atoms with Gasteiger partial charge in [-0.3, -0.25) is 4.79 Å². The van der Waals surface area contributed by atoms with E-state index in [-0.39, 0.29) is 5.97 Å². The summed E-state index contributed by atoms with van der Waals surface area (Å²) >= 11 is 0. The van der Waals surface area contributed by atoms with Crippen LogP contribution in [0, 0.1) is 5.92 Å². The lowest BCUT2D eigenvalue weighted by molar-refractivity contribution is -0.145. The average molecular weight is 431 g/mol. The first kappa shape index (κ1) is 27.7. The van der Waals surface area contributed by atoms with Crippen LogP contribution in [0.25, 0.3) is 0 Å². The van der Waals surface area contributed by atoms with Gasteiger partial charge >= 0.3 is 5.97 Å². The molecule has 1 unspecified atom stereocenters. The van der Waals surface area contributed by atoms with E-state index in [9.17, 15) is 4.79 Å². The highest BCUT2D eigenvalue weighted by atomic mass is 16.5. The zero-order chi connectivity index (χ0) is 22.4. The lowest BCUT2D eigenvalue weighted by atomic mass is 9.94. The van der Waals surface area contributed by atoms with Gasteiger partial charge in [0.15, 0.2) is 0 Å². The smallest absolute Gasteiger partial charge is 0.306 e. The molecule has 31 heavy (non-hydrogen) atoms. The maximum absolute atomic E-state index is 12.2. The summed E-state index contributed by atoms with van der Waals surface area (Å²) in [6, 6.07) is 10.2. The van der Waals surface area contributed by atoms with Crippen molar-refractivity contribution >= 4 is 5.97 Å². The molecule has 2 heteroatoms. The molecule has 0 amide bonds. The molecular formula is C29H50O2. The normalized spacial score (nSPS) is 12.1. The second-order valence-electron chi connectivity index (χ2n) is 9.35. The molecule has 0 saturated heterocycles. The fourth-order valence-electron chi connectivity index (χ4n) is 4.27. The Morgan fingerprint density at radius 2 is 1.19 bits per heavy atom. The summed E-state index contributed by atoms with van der Waals surface area (Å²) in [7, 11) is 0. The topological polar surface area (TPSA) is 26.3 Å². The molecule has 0 heterocycles. The maximum Gasteiger partial charge on any atom is 0.306 e. The lowest BCUT2D eigenvalue weighted by Crippen LogP contribution is -2.15. The number of hydrogen-bond acceptors (Lipinski definition) is 2. The van der Waals surface area contributed by atoms with Gasteiger partial charge in [0.25, 0.3) is 0 Å². The van der Waals surface area contributed by atoms with Gasteiger partial charge in [-0.05, 0) is 30.7 Å². The number of aryl methyl sites for hydroxylation is 1. The zero-order valence-corrected chi connectivity index (χ0v) is 20.7. The van der Waals surface area contributed by atoms with Crippen LogP contribution in [0.15, 0.2) is 30.3 Å².